The van der Waals surface area contributed by atoms with Crippen LogP contribution in [-0.2, 0) is 4.74 Å². The van der Waals surface area contributed by atoms with Crippen molar-refractivity contribution in [3.63, 3.8) is 0 Å². The molecule has 3 nitrogen and oxygen atoms in total. The summed E-state index contributed by atoms with van der Waals surface area (Å²) in [6.07, 6.45) is 1.17. The van der Waals surface area contributed by atoms with Crippen LogP contribution in [0.4, 0.5) is 4.79 Å². The van der Waals surface area contributed by atoms with Gasteiger partial charge in [0.05, 0.1) is 6.26 Å². The first kappa shape index (κ1) is 7.12. The van der Waals surface area contributed by atoms with Crippen molar-refractivity contribution in [2.24, 2.45) is 5.92 Å². The minimum atomic E-state index is -0.357. The molecule has 0 aromatic carbocycles. The second-order valence-electron chi connectivity index (χ2n) is 2.61. The Morgan fingerprint density at radius 2 is 2.40 bits per heavy atom. The Balaban J connectivity index is 2.56. The predicted molar refractivity (Wildman–Crippen MR) is 37.4 cm³/mol. The topological polar surface area (TPSA) is 38.3 Å². The van der Waals surface area contributed by atoms with Crippen LogP contribution in [0.2, 0.25) is 0 Å². The first-order chi connectivity index (χ1) is 4.70. The lowest BCUT2D eigenvalue weighted by Gasteiger charge is -2.16. The molecule has 1 amide bonds. The van der Waals surface area contributed by atoms with Gasteiger partial charge in [-0.05, 0) is 11.5 Å². The van der Waals surface area contributed by atoms with E-state index < -0.39 is 0 Å². The van der Waals surface area contributed by atoms with Crippen molar-refractivity contribution >= 4 is 6.09 Å². The first-order valence-electron chi connectivity index (χ1n) is 3.33. The predicted octanol–water partition coefficient (Wildman–Crippen LogP) is 1.27. The van der Waals surface area contributed by atoms with E-state index in [1.807, 2.05) is 0 Å². The zero-order valence-electron chi connectivity index (χ0n) is 6.18. The lowest BCUT2D eigenvalue weighted by atomic mass is 10.1. The number of hydrogen-bond donors (Lipinski definition) is 1. The summed E-state index contributed by atoms with van der Waals surface area (Å²) in [4.78, 5) is 10.5. The van der Waals surface area contributed by atoms with Crippen molar-refractivity contribution in [2.45, 2.75) is 13.8 Å². The molecule has 1 aliphatic rings. The molecule has 0 radical (unpaired) electrons. The summed E-state index contributed by atoms with van der Waals surface area (Å²) >= 11 is 0. The van der Waals surface area contributed by atoms with Crippen LogP contribution in [0.5, 0.6) is 0 Å². The second-order valence-corrected chi connectivity index (χ2v) is 2.61. The summed E-state index contributed by atoms with van der Waals surface area (Å²) in [6.45, 7) is 4.75. The van der Waals surface area contributed by atoms with Crippen molar-refractivity contribution < 1.29 is 9.53 Å². The highest BCUT2D eigenvalue weighted by Gasteiger charge is 2.11. The molecule has 56 valence electrons. The number of carbonyl (C=O) groups is 1. The van der Waals surface area contributed by atoms with E-state index in [0.29, 0.717) is 12.5 Å². The van der Waals surface area contributed by atoms with Gasteiger partial charge in [-0.25, -0.2) is 4.79 Å². The molecular weight excluding hydrogens is 130 g/mol. The minimum absolute atomic E-state index is 0.357. The van der Waals surface area contributed by atoms with E-state index in [1.165, 1.54) is 6.26 Å². The smallest absolute Gasteiger partial charge is 0.412 e. The van der Waals surface area contributed by atoms with E-state index in [2.05, 4.69) is 23.9 Å². The third-order valence-corrected chi connectivity index (χ3v) is 1.50. The molecule has 1 N–H and O–H groups in total. The molecule has 3 heteroatoms. The zero-order valence-corrected chi connectivity index (χ0v) is 6.18. The van der Waals surface area contributed by atoms with Crippen LogP contribution in [0, 0.1) is 5.92 Å². The van der Waals surface area contributed by atoms with Crippen molar-refractivity contribution in [2.75, 3.05) is 6.54 Å². The molecular formula is C7H11NO2. The van der Waals surface area contributed by atoms with Gasteiger partial charge in [-0.2, -0.15) is 0 Å². The van der Waals surface area contributed by atoms with Gasteiger partial charge in [-0.1, -0.05) is 13.8 Å². The third kappa shape index (κ3) is 1.50. The highest BCUT2D eigenvalue weighted by Crippen LogP contribution is 2.10. The average molecular weight is 141 g/mol. The van der Waals surface area contributed by atoms with Gasteiger partial charge in [0, 0.05) is 6.54 Å². The lowest BCUT2D eigenvalue weighted by molar-refractivity contribution is 0.179. The number of amides is 1. The number of cyclic esters (lactones) is 1. The van der Waals surface area contributed by atoms with Crippen molar-refractivity contribution in [3.05, 3.63) is 11.8 Å². The van der Waals surface area contributed by atoms with Crippen LogP contribution in [0.1, 0.15) is 13.8 Å². The highest BCUT2D eigenvalue weighted by atomic mass is 16.5. The molecule has 0 saturated heterocycles. The minimum Gasteiger partial charge on any atom is -0.418 e. The molecule has 0 aromatic rings. The Hall–Kier alpha value is -0.990. The van der Waals surface area contributed by atoms with Gasteiger partial charge in [0.15, 0.2) is 0 Å². The summed E-state index contributed by atoms with van der Waals surface area (Å²) in [5.41, 5.74) is 1.12. The van der Waals surface area contributed by atoms with E-state index in [9.17, 15) is 4.79 Å². The number of nitrogens with one attached hydrogen (secondary N) is 1. The highest BCUT2D eigenvalue weighted by molar-refractivity contribution is 5.69. The largest absolute Gasteiger partial charge is 0.418 e. The molecule has 0 bridgehead atoms. The lowest BCUT2D eigenvalue weighted by Crippen LogP contribution is -2.30. The monoisotopic (exact) mass is 141 g/mol. The maximum absolute atomic E-state index is 10.5. The average Bonchev–Trinajstić information content (AvgIpc) is 1.88. The Kier molecular flexibility index (Phi) is 1.94. The van der Waals surface area contributed by atoms with Crippen LogP contribution in [-0.4, -0.2) is 12.6 Å². The van der Waals surface area contributed by atoms with Crippen LogP contribution in [0.15, 0.2) is 11.8 Å². The van der Waals surface area contributed by atoms with Gasteiger partial charge < -0.3 is 10.1 Å². The molecule has 1 aliphatic heterocycles. The fraction of sp³-hybridized carbons (Fsp3) is 0.571. The zero-order chi connectivity index (χ0) is 7.56. The van der Waals surface area contributed by atoms with Crippen molar-refractivity contribution in [1.29, 1.82) is 0 Å². The summed E-state index contributed by atoms with van der Waals surface area (Å²) < 4.78 is 4.64. The van der Waals surface area contributed by atoms with Crippen molar-refractivity contribution in [3.8, 4) is 0 Å². The maximum atomic E-state index is 10.5. The van der Waals surface area contributed by atoms with E-state index in [1.54, 1.807) is 0 Å². The molecule has 0 unspecified atom stereocenters. The SMILES string of the molecule is CC(C)C1=COC(=O)NC1. The Morgan fingerprint density at radius 3 is 2.80 bits per heavy atom. The van der Waals surface area contributed by atoms with E-state index in [4.69, 9.17) is 0 Å². The molecule has 0 aromatic heterocycles. The van der Waals surface area contributed by atoms with E-state index in [-0.39, 0.29) is 6.09 Å². The molecule has 0 fully saturated rings. The Morgan fingerprint density at radius 1 is 1.70 bits per heavy atom. The molecule has 0 atom stereocenters. The Bertz CT molecular complexity index is 172. The molecule has 10 heavy (non-hydrogen) atoms. The number of alkyl carbamates (subject to hydrolysis) is 1. The van der Waals surface area contributed by atoms with E-state index >= 15 is 0 Å². The standard InChI is InChI=1S/C7H11NO2/c1-5(2)6-3-8-7(9)10-4-6/h4-5H,3H2,1-2H3,(H,8,9). The molecule has 0 saturated carbocycles. The van der Waals surface area contributed by atoms with Gasteiger partial charge in [-0.3, -0.25) is 0 Å². The second kappa shape index (κ2) is 2.73. The van der Waals surface area contributed by atoms with Crippen molar-refractivity contribution in [1.82, 2.24) is 5.32 Å². The molecule has 0 spiro atoms. The quantitative estimate of drug-likeness (QED) is 0.597. The number of rotatable bonds is 1. The van der Waals surface area contributed by atoms with Crippen LogP contribution >= 0.6 is 0 Å². The molecule has 1 heterocycles. The van der Waals surface area contributed by atoms with Crippen LogP contribution in [0.3, 0.4) is 0 Å². The summed E-state index contributed by atoms with van der Waals surface area (Å²) in [6, 6.07) is 0. The van der Waals surface area contributed by atoms with Gasteiger partial charge in [0.2, 0.25) is 0 Å². The number of carbonyl (C=O) groups excluding carboxylic acids is 1. The normalized spacial score (nSPS) is 17.9. The maximum Gasteiger partial charge on any atom is 0.412 e. The Labute approximate surface area is 60.1 Å². The fourth-order valence-corrected chi connectivity index (χ4v) is 0.727. The van der Waals surface area contributed by atoms with E-state index in [0.717, 1.165) is 5.57 Å². The molecule has 0 aliphatic carbocycles. The summed E-state index contributed by atoms with van der Waals surface area (Å²) in [5, 5.41) is 2.58. The fourth-order valence-electron chi connectivity index (χ4n) is 0.727. The van der Waals surface area contributed by atoms with Crippen LogP contribution < -0.4 is 5.32 Å². The number of hydrogen-bond acceptors (Lipinski definition) is 2. The first-order valence-corrected chi connectivity index (χ1v) is 3.33. The molecule has 1 rings (SSSR count). The summed E-state index contributed by atoms with van der Waals surface area (Å²) in [7, 11) is 0. The van der Waals surface area contributed by atoms with Crippen LogP contribution in [0.25, 0.3) is 0 Å². The van der Waals surface area contributed by atoms with Gasteiger partial charge in [-0.15, -0.1) is 0 Å². The van der Waals surface area contributed by atoms with Gasteiger partial charge in [0.25, 0.3) is 0 Å². The third-order valence-electron chi connectivity index (χ3n) is 1.50. The summed E-state index contributed by atoms with van der Waals surface area (Å²) in [5.74, 6) is 0.445. The van der Waals surface area contributed by atoms with Gasteiger partial charge >= 0.3 is 6.09 Å². The number of ether oxygens (including phenoxy) is 1. The van der Waals surface area contributed by atoms with Gasteiger partial charge in [0.1, 0.15) is 0 Å².